The number of likely N-dealkylation sites (N-methyl/N-ethyl adjacent to an activating group) is 1. The Balaban J connectivity index is 1.84. The van der Waals surface area contributed by atoms with Crippen molar-refractivity contribution in [3.8, 4) is 11.1 Å². The van der Waals surface area contributed by atoms with Gasteiger partial charge in [-0.15, -0.1) is 0 Å². The zero-order valence-electron chi connectivity index (χ0n) is 22.4. The van der Waals surface area contributed by atoms with Gasteiger partial charge in [-0.3, -0.25) is 4.79 Å². The third-order valence-corrected chi connectivity index (χ3v) is 7.42. The number of hydrogen-bond acceptors (Lipinski definition) is 5. The molecule has 4 rings (SSSR count). The van der Waals surface area contributed by atoms with Gasteiger partial charge in [-0.25, -0.2) is 13.8 Å². The number of anilines is 2. The van der Waals surface area contributed by atoms with Gasteiger partial charge in [-0.1, -0.05) is 18.2 Å². The minimum atomic E-state index is -5.03. The lowest BCUT2D eigenvalue weighted by Crippen LogP contribution is -2.43. The topological polar surface area (TPSA) is 76.9 Å². The molecule has 2 aromatic carbocycles. The maximum absolute atomic E-state index is 14.4. The van der Waals surface area contributed by atoms with E-state index in [0.29, 0.717) is 35.0 Å². The van der Waals surface area contributed by atoms with Crippen molar-refractivity contribution in [3.05, 3.63) is 77.0 Å². The van der Waals surface area contributed by atoms with E-state index in [1.165, 1.54) is 45.3 Å². The number of benzene rings is 2. The van der Waals surface area contributed by atoms with Gasteiger partial charge >= 0.3 is 6.18 Å². The number of amides is 1. The summed E-state index contributed by atoms with van der Waals surface area (Å²) in [4.78, 5) is 21.2. The van der Waals surface area contributed by atoms with Crippen LogP contribution in [0.3, 0.4) is 0 Å². The Morgan fingerprint density at radius 3 is 2.45 bits per heavy atom. The summed E-state index contributed by atoms with van der Waals surface area (Å²) in [6.07, 6.45) is -4.02. The predicted octanol–water partition coefficient (Wildman–Crippen LogP) is 5.23. The fourth-order valence-electron chi connectivity index (χ4n) is 5.33. The lowest BCUT2D eigenvalue weighted by molar-refractivity contribution is -0.141. The molecule has 1 aromatic heterocycles. The molecular formula is C29H30F5N3O3. The number of aliphatic hydroxyl groups is 2. The molecule has 0 bridgehead atoms. The first-order valence-corrected chi connectivity index (χ1v) is 12.6. The molecule has 6 nitrogen and oxygen atoms in total. The van der Waals surface area contributed by atoms with Gasteiger partial charge in [-0.05, 0) is 68.1 Å². The van der Waals surface area contributed by atoms with Crippen molar-refractivity contribution >= 4 is 17.4 Å². The Morgan fingerprint density at radius 1 is 1.12 bits per heavy atom. The van der Waals surface area contributed by atoms with Gasteiger partial charge in [0.2, 0.25) is 5.91 Å². The van der Waals surface area contributed by atoms with Crippen LogP contribution in [0.1, 0.15) is 37.0 Å². The van der Waals surface area contributed by atoms with E-state index in [1.54, 1.807) is 17.9 Å². The Labute approximate surface area is 228 Å². The van der Waals surface area contributed by atoms with Crippen LogP contribution in [0.4, 0.5) is 33.5 Å². The standard InChI is InChI=1S/C29H30F5N3O3/c1-16-10-17(30)8-9-20(16)21-12-25(37-14-19(39)11-18(37)15-38)35-13-24(21)36(4)27(40)28(2,3)22-6-5-7-23(31)26(22)29(32,33)34/h5-10,12-13,18-19,38-39H,11,14-15H2,1-4H3/t18-,19+/m0/s1. The van der Waals surface area contributed by atoms with E-state index in [4.69, 9.17) is 0 Å². The molecule has 2 N–H and O–H groups in total. The normalized spacial score (nSPS) is 17.8. The van der Waals surface area contributed by atoms with Crippen molar-refractivity contribution in [3.63, 3.8) is 0 Å². The van der Waals surface area contributed by atoms with Crippen LogP contribution >= 0.6 is 0 Å². The van der Waals surface area contributed by atoms with Crippen molar-refractivity contribution in [2.24, 2.45) is 0 Å². The molecule has 0 saturated carbocycles. The predicted molar refractivity (Wildman–Crippen MR) is 141 cm³/mol. The van der Waals surface area contributed by atoms with Crippen molar-refractivity contribution in [1.82, 2.24) is 4.98 Å². The molecule has 11 heteroatoms. The van der Waals surface area contributed by atoms with Gasteiger partial charge in [0.25, 0.3) is 0 Å². The van der Waals surface area contributed by atoms with E-state index in [9.17, 15) is 37.0 Å². The average molecular weight is 564 g/mol. The number of halogens is 5. The molecule has 214 valence electrons. The monoisotopic (exact) mass is 563 g/mol. The molecule has 0 spiro atoms. The number of nitrogens with zero attached hydrogens (tertiary/aromatic N) is 3. The van der Waals surface area contributed by atoms with Gasteiger partial charge in [-0.2, -0.15) is 13.2 Å². The number of pyridine rings is 1. The summed E-state index contributed by atoms with van der Waals surface area (Å²) in [6, 6.07) is 8.22. The minimum absolute atomic E-state index is 0.209. The van der Waals surface area contributed by atoms with Crippen molar-refractivity contribution < 1.29 is 37.0 Å². The van der Waals surface area contributed by atoms with E-state index < -0.39 is 52.4 Å². The first kappa shape index (κ1) is 29.4. The Morgan fingerprint density at radius 2 is 1.82 bits per heavy atom. The second kappa shape index (κ2) is 10.8. The summed E-state index contributed by atoms with van der Waals surface area (Å²) in [5, 5.41) is 20.0. The highest BCUT2D eigenvalue weighted by molar-refractivity contribution is 6.03. The van der Waals surface area contributed by atoms with Crippen molar-refractivity contribution in [2.75, 3.05) is 30.0 Å². The molecule has 2 heterocycles. The van der Waals surface area contributed by atoms with Crippen LogP contribution in [-0.2, 0) is 16.4 Å². The number of carbonyl (C=O) groups is 1. The van der Waals surface area contributed by atoms with E-state index in [1.807, 2.05) is 0 Å². The Bertz CT molecular complexity index is 1430. The van der Waals surface area contributed by atoms with E-state index in [-0.39, 0.29) is 18.8 Å². The lowest BCUT2D eigenvalue weighted by atomic mass is 9.80. The highest BCUT2D eigenvalue weighted by atomic mass is 19.4. The molecule has 0 aliphatic carbocycles. The van der Waals surface area contributed by atoms with Gasteiger partial charge in [0.05, 0.1) is 41.6 Å². The smallest absolute Gasteiger partial charge is 0.394 e. The fourth-order valence-corrected chi connectivity index (χ4v) is 5.33. The summed E-state index contributed by atoms with van der Waals surface area (Å²) < 4.78 is 69.8. The number of alkyl halides is 3. The quantitative estimate of drug-likeness (QED) is 0.402. The number of aromatic nitrogens is 1. The summed E-state index contributed by atoms with van der Waals surface area (Å²) in [7, 11) is 1.38. The molecular weight excluding hydrogens is 533 g/mol. The zero-order chi connectivity index (χ0) is 29.6. The highest BCUT2D eigenvalue weighted by Gasteiger charge is 2.44. The molecule has 1 saturated heterocycles. The Hall–Kier alpha value is -3.57. The maximum atomic E-state index is 14.4. The molecule has 1 fully saturated rings. The minimum Gasteiger partial charge on any atom is -0.394 e. The van der Waals surface area contributed by atoms with Gasteiger partial charge in [0, 0.05) is 19.2 Å². The molecule has 1 amide bonds. The van der Waals surface area contributed by atoms with Crippen LogP contribution in [0.2, 0.25) is 0 Å². The number of β-amino-alcohol motifs (C(OH)–C–C–N with tert-alkyl or cyclic N) is 1. The van der Waals surface area contributed by atoms with Crippen LogP contribution in [0, 0.1) is 18.6 Å². The fraction of sp³-hybridized carbons (Fsp3) is 0.379. The van der Waals surface area contributed by atoms with Crippen LogP contribution < -0.4 is 9.80 Å². The third-order valence-electron chi connectivity index (χ3n) is 7.42. The van der Waals surface area contributed by atoms with Crippen LogP contribution in [0.25, 0.3) is 11.1 Å². The van der Waals surface area contributed by atoms with Gasteiger partial charge in [0.1, 0.15) is 17.5 Å². The number of carbonyl (C=O) groups excluding carboxylic acids is 1. The lowest BCUT2D eigenvalue weighted by Gasteiger charge is -2.33. The average Bonchev–Trinajstić information content (AvgIpc) is 3.27. The van der Waals surface area contributed by atoms with Crippen molar-refractivity contribution in [2.45, 2.75) is 50.9 Å². The third kappa shape index (κ3) is 5.40. The van der Waals surface area contributed by atoms with Gasteiger partial charge < -0.3 is 20.0 Å². The molecule has 40 heavy (non-hydrogen) atoms. The number of aryl methyl sites for hydroxylation is 1. The van der Waals surface area contributed by atoms with Crippen molar-refractivity contribution in [1.29, 1.82) is 0 Å². The van der Waals surface area contributed by atoms with Gasteiger partial charge in [0.15, 0.2) is 0 Å². The summed E-state index contributed by atoms with van der Waals surface area (Å²) in [5.74, 6) is -2.32. The van der Waals surface area contributed by atoms with E-state index in [0.717, 1.165) is 17.0 Å². The summed E-state index contributed by atoms with van der Waals surface area (Å²) in [6.45, 7) is 4.23. The Kier molecular flexibility index (Phi) is 7.92. The van der Waals surface area contributed by atoms with Crippen LogP contribution in [0.15, 0.2) is 48.7 Å². The van der Waals surface area contributed by atoms with Crippen LogP contribution in [-0.4, -0.2) is 53.4 Å². The molecule has 0 radical (unpaired) electrons. The number of aliphatic hydroxyl groups excluding tert-OH is 2. The van der Waals surface area contributed by atoms with Crippen LogP contribution in [0.5, 0.6) is 0 Å². The largest absolute Gasteiger partial charge is 0.419 e. The molecule has 2 atom stereocenters. The first-order chi connectivity index (χ1) is 18.7. The highest BCUT2D eigenvalue weighted by Crippen LogP contribution is 2.42. The molecule has 1 aliphatic heterocycles. The zero-order valence-corrected chi connectivity index (χ0v) is 22.4. The maximum Gasteiger partial charge on any atom is 0.419 e. The first-order valence-electron chi connectivity index (χ1n) is 12.6. The summed E-state index contributed by atoms with van der Waals surface area (Å²) >= 11 is 0. The molecule has 1 aliphatic rings. The van der Waals surface area contributed by atoms with E-state index in [2.05, 4.69) is 4.98 Å². The van der Waals surface area contributed by atoms with E-state index >= 15 is 0 Å². The SMILES string of the molecule is Cc1cc(F)ccc1-c1cc(N2C[C@H](O)C[C@H]2CO)ncc1N(C)C(=O)C(C)(C)c1cccc(F)c1C(F)(F)F. The second-order valence-electron chi connectivity index (χ2n) is 10.5. The number of hydrogen-bond donors (Lipinski definition) is 2. The molecule has 3 aromatic rings. The molecule has 0 unspecified atom stereocenters. The number of rotatable bonds is 6. The second-order valence-corrected chi connectivity index (χ2v) is 10.5. The summed E-state index contributed by atoms with van der Waals surface area (Å²) in [5.41, 5.74) is -2.10.